The topological polar surface area (TPSA) is 70.7 Å². The first-order valence-electron chi connectivity index (χ1n) is 7.05. The number of amides is 2. The van der Waals surface area contributed by atoms with Crippen molar-refractivity contribution in [1.82, 2.24) is 15.5 Å². The maximum absolute atomic E-state index is 12.3. The van der Waals surface area contributed by atoms with Gasteiger partial charge >= 0.3 is 0 Å². The quantitative estimate of drug-likeness (QED) is 0.669. The van der Waals surface area contributed by atoms with Gasteiger partial charge in [-0.2, -0.15) is 0 Å². The summed E-state index contributed by atoms with van der Waals surface area (Å²) in [5.74, 6) is -0.145. The SMILES string of the molecule is CCCNC(=O)CN(CCC)C(=O)C1COCCN1. The van der Waals surface area contributed by atoms with E-state index >= 15 is 0 Å². The molecule has 0 bridgehead atoms. The van der Waals surface area contributed by atoms with Crippen molar-refractivity contribution in [3.05, 3.63) is 0 Å². The van der Waals surface area contributed by atoms with Gasteiger partial charge in [-0.15, -0.1) is 0 Å². The van der Waals surface area contributed by atoms with Gasteiger partial charge in [0, 0.05) is 19.6 Å². The van der Waals surface area contributed by atoms with Crippen LogP contribution in [-0.2, 0) is 14.3 Å². The normalized spacial score (nSPS) is 18.9. The second-order valence-electron chi connectivity index (χ2n) is 4.69. The Hall–Kier alpha value is -1.14. The Morgan fingerprint density at radius 3 is 2.74 bits per heavy atom. The van der Waals surface area contributed by atoms with Crippen molar-refractivity contribution in [3.8, 4) is 0 Å². The molecule has 1 atom stereocenters. The minimum Gasteiger partial charge on any atom is -0.378 e. The minimum absolute atomic E-state index is 0.0480. The van der Waals surface area contributed by atoms with E-state index in [9.17, 15) is 9.59 Å². The lowest BCUT2D eigenvalue weighted by molar-refractivity contribution is -0.140. The zero-order valence-electron chi connectivity index (χ0n) is 11.9. The van der Waals surface area contributed by atoms with Crippen LogP contribution in [0.2, 0.25) is 0 Å². The van der Waals surface area contributed by atoms with E-state index in [1.807, 2.05) is 13.8 Å². The van der Waals surface area contributed by atoms with Crippen LogP contribution >= 0.6 is 0 Å². The number of carbonyl (C=O) groups excluding carboxylic acids is 2. The molecule has 0 aromatic rings. The monoisotopic (exact) mass is 271 g/mol. The molecule has 1 fully saturated rings. The first-order valence-corrected chi connectivity index (χ1v) is 7.05. The number of nitrogens with zero attached hydrogens (tertiary/aromatic N) is 1. The van der Waals surface area contributed by atoms with E-state index in [-0.39, 0.29) is 24.4 Å². The standard InChI is InChI=1S/C13H25N3O3/c1-3-5-15-12(17)9-16(7-4-2)13(18)11-10-19-8-6-14-11/h11,14H,3-10H2,1-2H3,(H,15,17). The molecule has 0 spiro atoms. The average molecular weight is 271 g/mol. The number of nitrogens with one attached hydrogen (secondary N) is 2. The van der Waals surface area contributed by atoms with E-state index in [1.165, 1.54) is 0 Å². The van der Waals surface area contributed by atoms with Crippen LogP contribution in [0.5, 0.6) is 0 Å². The minimum atomic E-state index is -0.320. The Kier molecular flexibility index (Phi) is 7.43. The lowest BCUT2D eigenvalue weighted by Gasteiger charge is -2.29. The Bertz CT molecular complexity index is 291. The van der Waals surface area contributed by atoms with Crippen LogP contribution in [0.3, 0.4) is 0 Å². The molecule has 0 saturated carbocycles. The lowest BCUT2D eigenvalue weighted by Crippen LogP contribution is -2.54. The molecular weight excluding hydrogens is 246 g/mol. The van der Waals surface area contributed by atoms with E-state index in [1.54, 1.807) is 4.90 Å². The number of hydrogen-bond donors (Lipinski definition) is 2. The van der Waals surface area contributed by atoms with Gasteiger partial charge in [0.2, 0.25) is 11.8 Å². The van der Waals surface area contributed by atoms with Crippen molar-refractivity contribution in [3.63, 3.8) is 0 Å². The highest BCUT2D eigenvalue weighted by Gasteiger charge is 2.26. The second-order valence-corrected chi connectivity index (χ2v) is 4.69. The number of carbonyl (C=O) groups is 2. The zero-order valence-corrected chi connectivity index (χ0v) is 11.9. The van der Waals surface area contributed by atoms with E-state index in [0.29, 0.717) is 32.8 Å². The summed E-state index contributed by atoms with van der Waals surface area (Å²) in [6.45, 7) is 7.06. The van der Waals surface area contributed by atoms with Crippen molar-refractivity contribution >= 4 is 11.8 Å². The van der Waals surface area contributed by atoms with Gasteiger partial charge in [-0.25, -0.2) is 0 Å². The van der Waals surface area contributed by atoms with Crippen LogP contribution in [0.25, 0.3) is 0 Å². The van der Waals surface area contributed by atoms with Gasteiger partial charge in [0.15, 0.2) is 0 Å². The fourth-order valence-corrected chi connectivity index (χ4v) is 1.98. The number of ether oxygens (including phenoxy) is 1. The third kappa shape index (κ3) is 5.57. The molecule has 0 aliphatic carbocycles. The van der Waals surface area contributed by atoms with Crippen molar-refractivity contribution in [2.75, 3.05) is 39.4 Å². The summed E-state index contributed by atoms with van der Waals surface area (Å²) in [4.78, 5) is 25.6. The van der Waals surface area contributed by atoms with Gasteiger partial charge in [-0.3, -0.25) is 9.59 Å². The van der Waals surface area contributed by atoms with E-state index in [0.717, 1.165) is 12.8 Å². The Labute approximate surface area is 114 Å². The van der Waals surface area contributed by atoms with Gasteiger partial charge in [0.25, 0.3) is 0 Å². The van der Waals surface area contributed by atoms with Crippen LogP contribution in [0.15, 0.2) is 0 Å². The van der Waals surface area contributed by atoms with Gasteiger partial charge < -0.3 is 20.3 Å². The van der Waals surface area contributed by atoms with Crippen molar-refractivity contribution < 1.29 is 14.3 Å². The maximum Gasteiger partial charge on any atom is 0.242 e. The summed E-state index contributed by atoms with van der Waals surface area (Å²) in [7, 11) is 0. The molecule has 1 saturated heterocycles. The van der Waals surface area contributed by atoms with Crippen molar-refractivity contribution in [2.45, 2.75) is 32.7 Å². The average Bonchev–Trinajstić information content (AvgIpc) is 2.45. The van der Waals surface area contributed by atoms with E-state index in [2.05, 4.69) is 10.6 Å². The molecule has 1 heterocycles. The fraction of sp³-hybridized carbons (Fsp3) is 0.846. The largest absolute Gasteiger partial charge is 0.378 e. The van der Waals surface area contributed by atoms with Crippen molar-refractivity contribution in [1.29, 1.82) is 0 Å². The molecule has 0 aromatic carbocycles. The molecule has 6 heteroatoms. The summed E-state index contributed by atoms with van der Waals surface area (Å²) in [6.07, 6.45) is 1.73. The number of hydrogen-bond acceptors (Lipinski definition) is 4. The molecule has 6 nitrogen and oxygen atoms in total. The molecule has 2 N–H and O–H groups in total. The Balaban J connectivity index is 2.49. The van der Waals surface area contributed by atoms with Crippen molar-refractivity contribution in [2.24, 2.45) is 0 Å². The molecule has 1 aliphatic rings. The first kappa shape index (κ1) is 15.9. The van der Waals surface area contributed by atoms with Crippen LogP contribution in [0.4, 0.5) is 0 Å². The molecule has 1 unspecified atom stereocenters. The van der Waals surface area contributed by atoms with Crippen LogP contribution in [0.1, 0.15) is 26.7 Å². The predicted octanol–water partition coefficient (Wildman–Crippen LogP) is -0.260. The van der Waals surface area contributed by atoms with Gasteiger partial charge in [-0.05, 0) is 12.8 Å². The molecule has 2 amide bonds. The van der Waals surface area contributed by atoms with E-state index < -0.39 is 0 Å². The zero-order chi connectivity index (χ0) is 14.1. The molecular formula is C13H25N3O3. The molecule has 1 rings (SSSR count). The predicted molar refractivity (Wildman–Crippen MR) is 72.8 cm³/mol. The molecule has 0 radical (unpaired) electrons. The summed E-state index contributed by atoms with van der Waals surface area (Å²) in [5, 5.41) is 5.92. The molecule has 1 aliphatic heterocycles. The summed E-state index contributed by atoms with van der Waals surface area (Å²) in [5.41, 5.74) is 0. The maximum atomic E-state index is 12.3. The van der Waals surface area contributed by atoms with Gasteiger partial charge in [0.05, 0.1) is 19.8 Å². The molecule has 0 aromatic heterocycles. The Morgan fingerprint density at radius 2 is 2.16 bits per heavy atom. The molecule has 19 heavy (non-hydrogen) atoms. The highest BCUT2D eigenvalue weighted by molar-refractivity contribution is 5.87. The first-order chi connectivity index (χ1) is 9.19. The van der Waals surface area contributed by atoms with Crippen LogP contribution in [-0.4, -0.2) is 62.1 Å². The number of morpholine rings is 1. The van der Waals surface area contributed by atoms with E-state index in [4.69, 9.17) is 4.74 Å². The third-order valence-electron chi connectivity index (χ3n) is 2.93. The van der Waals surface area contributed by atoms with Crippen LogP contribution in [0, 0.1) is 0 Å². The number of rotatable bonds is 7. The third-order valence-corrected chi connectivity index (χ3v) is 2.93. The smallest absolute Gasteiger partial charge is 0.242 e. The highest BCUT2D eigenvalue weighted by Crippen LogP contribution is 2.01. The summed E-state index contributed by atoms with van der Waals surface area (Å²) < 4.78 is 5.29. The second kappa shape index (κ2) is 8.87. The van der Waals surface area contributed by atoms with Crippen LogP contribution < -0.4 is 10.6 Å². The lowest BCUT2D eigenvalue weighted by atomic mass is 10.2. The Morgan fingerprint density at radius 1 is 1.37 bits per heavy atom. The molecule has 110 valence electrons. The van der Waals surface area contributed by atoms with Gasteiger partial charge in [0.1, 0.15) is 6.04 Å². The highest BCUT2D eigenvalue weighted by atomic mass is 16.5. The fourth-order valence-electron chi connectivity index (χ4n) is 1.98. The summed E-state index contributed by atoms with van der Waals surface area (Å²) in [6, 6.07) is -0.320. The summed E-state index contributed by atoms with van der Waals surface area (Å²) >= 11 is 0. The van der Waals surface area contributed by atoms with Gasteiger partial charge in [-0.1, -0.05) is 13.8 Å².